The molecule has 0 bridgehead atoms. The Balaban J connectivity index is 1.77. The number of aliphatic imine (C=N–C) groups is 1. The number of hydrogen-bond acceptors (Lipinski definition) is 1. The van der Waals surface area contributed by atoms with Crippen LogP contribution in [0.15, 0.2) is 89.9 Å². The number of aryl methyl sites for hydroxylation is 1. The first-order valence-corrected chi connectivity index (χ1v) is 10.4. The largest absolute Gasteiger partial charge is 0.342 e. The zero-order chi connectivity index (χ0) is 19.6. The second-order valence-electron chi connectivity index (χ2n) is 7.73. The second-order valence-corrected chi connectivity index (χ2v) is 7.73. The Labute approximate surface area is 171 Å². The van der Waals surface area contributed by atoms with Gasteiger partial charge in [0.05, 0.1) is 16.9 Å². The third-order valence-corrected chi connectivity index (χ3v) is 5.60. The Kier molecular flexibility index (Phi) is 4.65. The Morgan fingerprint density at radius 2 is 1.55 bits per heavy atom. The summed E-state index contributed by atoms with van der Waals surface area (Å²) in [5.41, 5.74) is 5.82. The van der Waals surface area contributed by atoms with E-state index in [0.29, 0.717) is 0 Å². The minimum Gasteiger partial charge on any atom is -0.342 e. The van der Waals surface area contributed by atoms with Gasteiger partial charge in [-0.2, -0.15) is 0 Å². The number of likely N-dealkylation sites (tertiary alicyclic amines) is 1. The molecular formula is C26H25N3. The van der Waals surface area contributed by atoms with Gasteiger partial charge in [-0.1, -0.05) is 60.7 Å². The van der Waals surface area contributed by atoms with Crippen molar-refractivity contribution in [2.45, 2.75) is 19.8 Å². The summed E-state index contributed by atoms with van der Waals surface area (Å²) >= 11 is 0. The molecule has 1 aliphatic heterocycles. The van der Waals surface area contributed by atoms with E-state index in [4.69, 9.17) is 4.99 Å². The van der Waals surface area contributed by atoms with Crippen molar-refractivity contribution in [1.82, 2.24) is 9.47 Å². The summed E-state index contributed by atoms with van der Waals surface area (Å²) < 4.78 is 2.35. The second kappa shape index (κ2) is 7.59. The molecule has 144 valence electrons. The molecule has 0 unspecified atom stereocenters. The first-order valence-electron chi connectivity index (χ1n) is 10.4. The van der Waals surface area contributed by atoms with Crippen LogP contribution in [-0.2, 0) is 0 Å². The smallest absolute Gasteiger partial charge is 0.211 e. The van der Waals surface area contributed by atoms with E-state index in [1.54, 1.807) is 0 Å². The summed E-state index contributed by atoms with van der Waals surface area (Å²) in [6.07, 6.45) is 2.43. The van der Waals surface area contributed by atoms with Gasteiger partial charge in [0.25, 0.3) is 0 Å². The van der Waals surface area contributed by atoms with Crippen LogP contribution in [-0.4, -0.2) is 28.5 Å². The molecule has 1 fully saturated rings. The van der Waals surface area contributed by atoms with E-state index < -0.39 is 0 Å². The summed E-state index contributed by atoms with van der Waals surface area (Å²) in [7, 11) is 0. The van der Waals surface area contributed by atoms with Crippen molar-refractivity contribution in [1.29, 1.82) is 0 Å². The molecular weight excluding hydrogens is 354 g/mol. The number of nitrogens with zero attached hydrogens (tertiary/aromatic N) is 3. The lowest BCUT2D eigenvalue weighted by Crippen LogP contribution is -2.33. The van der Waals surface area contributed by atoms with E-state index in [9.17, 15) is 0 Å². The molecule has 0 N–H and O–H groups in total. The first-order chi connectivity index (χ1) is 14.3. The van der Waals surface area contributed by atoms with Gasteiger partial charge in [0.1, 0.15) is 0 Å². The number of hydrogen-bond donors (Lipinski definition) is 0. The molecule has 3 aromatic carbocycles. The van der Waals surface area contributed by atoms with Gasteiger partial charge in [0, 0.05) is 18.5 Å². The minimum absolute atomic E-state index is 1.00. The van der Waals surface area contributed by atoms with Crippen LogP contribution in [0.1, 0.15) is 18.4 Å². The number of benzene rings is 3. The zero-order valence-electron chi connectivity index (χ0n) is 16.8. The molecule has 3 nitrogen and oxygen atoms in total. The molecule has 0 spiro atoms. The topological polar surface area (TPSA) is 20.5 Å². The lowest BCUT2D eigenvalue weighted by atomic mass is 10.1. The third kappa shape index (κ3) is 3.44. The van der Waals surface area contributed by atoms with Gasteiger partial charge in [0.15, 0.2) is 0 Å². The molecule has 1 aromatic heterocycles. The van der Waals surface area contributed by atoms with E-state index in [0.717, 1.165) is 24.7 Å². The number of aromatic nitrogens is 1. The van der Waals surface area contributed by atoms with Crippen molar-refractivity contribution in [3.05, 3.63) is 90.5 Å². The molecule has 0 amide bonds. The Bertz CT molecular complexity index is 1170. The van der Waals surface area contributed by atoms with E-state index >= 15 is 0 Å². The maximum Gasteiger partial charge on any atom is 0.211 e. The van der Waals surface area contributed by atoms with Crippen LogP contribution >= 0.6 is 0 Å². The zero-order valence-corrected chi connectivity index (χ0v) is 16.8. The van der Waals surface area contributed by atoms with Crippen LogP contribution < -0.4 is 0 Å². The van der Waals surface area contributed by atoms with E-state index in [1.807, 2.05) is 0 Å². The molecule has 0 radical (unpaired) electrons. The van der Waals surface area contributed by atoms with Crippen LogP contribution in [0.4, 0.5) is 5.69 Å². The molecule has 0 atom stereocenters. The van der Waals surface area contributed by atoms with Gasteiger partial charge < -0.3 is 4.90 Å². The monoisotopic (exact) mass is 379 g/mol. The predicted octanol–water partition coefficient (Wildman–Crippen LogP) is 6.25. The van der Waals surface area contributed by atoms with Crippen molar-refractivity contribution < 1.29 is 0 Å². The van der Waals surface area contributed by atoms with Crippen molar-refractivity contribution in [3.63, 3.8) is 0 Å². The molecule has 4 aromatic rings. The minimum atomic E-state index is 1.00. The van der Waals surface area contributed by atoms with E-state index in [1.165, 1.54) is 40.6 Å². The van der Waals surface area contributed by atoms with Gasteiger partial charge in [-0.15, -0.1) is 0 Å². The van der Waals surface area contributed by atoms with Gasteiger partial charge in [-0.25, -0.2) is 4.99 Å². The summed E-state index contributed by atoms with van der Waals surface area (Å²) in [5, 5.41) is 1.24. The highest BCUT2D eigenvalue weighted by Gasteiger charge is 2.22. The summed E-state index contributed by atoms with van der Waals surface area (Å²) in [5.74, 6) is 1.02. The number of rotatable bonds is 2. The molecule has 29 heavy (non-hydrogen) atoms. The quantitative estimate of drug-likeness (QED) is 0.298. The van der Waals surface area contributed by atoms with Gasteiger partial charge >= 0.3 is 0 Å². The predicted molar refractivity (Wildman–Crippen MR) is 122 cm³/mol. The fourth-order valence-electron chi connectivity index (χ4n) is 4.18. The highest BCUT2D eigenvalue weighted by atomic mass is 15.3. The van der Waals surface area contributed by atoms with Crippen LogP contribution in [0.25, 0.3) is 22.2 Å². The Morgan fingerprint density at radius 1 is 0.793 bits per heavy atom. The molecule has 5 rings (SSSR count). The standard InChI is InChI=1S/C26H25N3/c1-20-10-9-14-23(18-20)27-26(28-16-7-8-17-28)29-24-15-6-5-13-22(24)19-25(29)21-11-3-2-4-12-21/h2-6,9-15,18-19H,7-8,16-17H2,1H3. The van der Waals surface area contributed by atoms with Crippen LogP contribution in [0.2, 0.25) is 0 Å². The third-order valence-electron chi connectivity index (χ3n) is 5.60. The van der Waals surface area contributed by atoms with Gasteiger partial charge in [-0.3, -0.25) is 4.57 Å². The summed E-state index contributed by atoms with van der Waals surface area (Å²) in [6.45, 7) is 4.21. The number of para-hydroxylation sites is 1. The fraction of sp³-hybridized carbons (Fsp3) is 0.192. The average molecular weight is 380 g/mol. The highest BCUT2D eigenvalue weighted by molar-refractivity contribution is 6.00. The Hall–Kier alpha value is -3.33. The number of fused-ring (bicyclic) bond motifs is 1. The SMILES string of the molecule is Cc1cccc(N=C(N2CCCC2)n2c(-c3ccccc3)cc3ccccc32)c1. The van der Waals surface area contributed by atoms with Crippen LogP contribution in [0.3, 0.4) is 0 Å². The van der Waals surface area contributed by atoms with Gasteiger partial charge in [-0.05, 0) is 55.2 Å². The molecule has 1 aliphatic rings. The molecule has 0 aliphatic carbocycles. The molecule has 0 saturated carbocycles. The van der Waals surface area contributed by atoms with E-state index in [2.05, 4.69) is 101 Å². The van der Waals surface area contributed by atoms with Crippen molar-refractivity contribution >= 4 is 22.5 Å². The average Bonchev–Trinajstić information content (AvgIpc) is 3.41. The first kappa shape index (κ1) is 17.7. The van der Waals surface area contributed by atoms with Crippen molar-refractivity contribution in [2.75, 3.05) is 13.1 Å². The normalized spacial score (nSPS) is 14.7. The molecule has 2 heterocycles. The maximum atomic E-state index is 5.19. The van der Waals surface area contributed by atoms with Gasteiger partial charge in [0.2, 0.25) is 5.96 Å². The summed E-state index contributed by atoms with van der Waals surface area (Å²) in [6, 6.07) is 30.0. The lowest BCUT2D eigenvalue weighted by molar-refractivity contribution is 0.503. The fourth-order valence-corrected chi connectivity index (χ4v) is 4.18. The highest BCUT2D eigenvalue weighted by Crippen LogP contribution is 2.30. The van der Waals surface area contributed by atoms with Crippen LogP contribution in [0, 0.1) is 6.92 Å². The van der Waals surface area contributed by atoms with E-state index in [-0.39, 0.29) is 0 Å². The molecule has 3 heteroatoms. The molecule has 1 saturated heterocycles. The lowest BCUT2D eigenvalue weighted by Gasteiger charge is -2.24. The Morgan fingerprint density at radius 3 is 2.34 bits per heavy atom. The maximum absolute atomic E-state index is 5.19. The van der Waals surface area contributed by atoms with Crippen LogP contribution in [0.5, 0.6) is 0 Å². The summed E-state index contributed by atoms with van der Waals surface area (Å²) in [4.78, 5) is 7.62. The van der Waals surface area contributed by atoms with Crippen molar-refractivity contribution in [2.24, 2.45) is 4.99 Å². The van der Waals surface area contributed by atoms with Crippen molar-refractivity contribution in [3.8, 4) is 11.3 Å².